The third-order valence-corrected chi connectivity index (χ3v) is 5.83. The van der Waals surface area contributed by atoms with E-state index >= 15 is 0 Å². The molecule has 0 unspecified atom stereocenters. The van der Waals surface area contributed by atoms with Crippen molar-refractivity contribution >= 4 is 16.8 Å². The lowest BCUT2D eigenvalue weighted by atomic mass is 10.1. The highest BCUT2D eigenvalue weighted by molar-refractivity contribution is 5.92. The first-order valence-electron chi connectivity index (χ1n) is 10.4. The van der Waals surface area contributed by atoms with Crippen LogP contribution in [0.15, 0.2) is 67.0 Å². The van der Waals surface area contributed by atoms with Gasteiger partial charge in [-0.2, -0.15) is 0 Å². The first-order valence-corrected chi connectivity index (χ1v) is 10.4. The van der Waals surface area contributed by atoms with Crippen molar-refractivity contribution < 1.29 is 4.79 Å². The number of carbonyl (C=O) groups excluding carboxylic acids is 1. The maximum absolute atomic E-state index is 12.8. The molecule has 6 nitrogen and oxygen atoms in total. The Morgan fingerprint density at radius 3 is 2.77 bits per heavy atom. The van der Waals surface area contributed by atoms with Crippen molar-refractivity contribution in [3.05, 3.63) is 89.6 Å². The summed E-state index contributed by atoms with van der Waals surface area (Å²) in [5, 5.41) is 4.30. The summed E-state index contributed by atoms with van der Waals surface area (Å²) in [5.74, 6) is 0.920. The van der Waals surface area contributed by atoms with Crippen LogP contribution in [0.5, 0.6) is 0 Å². The molecule has 2 aromatic carbocycles. The van der Waals surface area contributed by atoms with Crippen molar-refractivity contribution in [1.82, 2.24) is 24.8 Å². The number of H-pyrrole nitrogens is 1. The molecular formula is C24H25N5O. The molecule has 0 saturated carbocycles. The summed E-state index contributed by atoms with van der Waals surface area (Å²) in [6.07, 6.45) is 4.66. The Hall–Kier alpha value is -3.38. The van der Waals surface area contributed by atoms with Crippen LogP contribution in [0.3, 0.4) is 0 Å². The van der Waals surface area contributed by atoms with E-state index in [1.807, 2.05) is 30.3 Å². The average Bonchev–Trinajstić information content (AvgIpc) is 3.33. The minimum absolute atomic E-state index is 0.0670. The number of hydrogen-bond donors (Lipinski definition) is 2. The van der Waals surface area contributed by atoms with Gasteiger partial charge in [0.15, 0.2) is 0 Å². The Labute approximate surface area is 175 Å². The van der Waals surface area contributed by atoms with Crippen LogP contribution in [0.4, 0.5) is 0 Å². The molecule has 5 rings (SSSR count). The lowest BCUT2D eigenvalue weighted by Crippen LogP contribution is -2.28. The van der Waals surface area contributed by atoms with E-state index in [4.69, 9.17) is 0 Å². The number of hydrogen-bond acceptors (Lipinski definition) is 3. The summed E-state index contributed by atoms with van der Waals surface area (Å²) in [5.41, 5.74) is 4.22. The summed E-state index contributed by atoms with van der Waals surface area (Å²) < 4.78 is 2.08. The molecule has 1 aliphatic heterocycles. The van der Waals surface area contributed by atoms with Crippen molar-refractivity contribution in [1.29, 1.82) is 0 Å². The van der Waals surface area contributed by atoms with Crippen LogP contribution in [-0.2, 0) is 26.1 Å². The topological polar surface area (TPSA) is 66.0 Å². The zero-order valence-electron chi connectivity index (χ0n) is 16.8. The van der Waals surface area contributed by atoms with Crippen molar-refractivity contribution in [2.45, 2.75) is 26.1 Å². The highest BCUT2D eigenvalue weighted by Crippen LogP contribution is 2.21. The molecule has 0 fully saturated rings. The van der Waals surface area contributed by atoms with Gasteiger partial charge in [0.25, 0.3) is 5.91 Å². The molecule has 0 spiro atoms. The second kappa shape index (κ2) is 8.16. The van der Waals surface area contributed by atoms with Crippen LogP contribution in [-0.4, -0.2) is 38.4 Å². The zero-order valence-corrected chi connectivity index (χ0v) is 16.8. The first kappa shape index (κ1) is 18.6. The highest BCUT2D eigenvalue weighted by atomic mass is 16.1. The molecule has 0 saturated heterocycles. The third kappa shape index (κ3) is 3.74. The monoisotopic (exact) mass is 399 g/mol. The van der Waals surface area contributed by atoms with Gasteiger partial charge in [-0.15, -0.1) is 0 Å². The van der Waals surface area contributed by atoms with Gasteiger partial charge < -0.3 is 14.9 Å². The maximum Gasteiger partial charge on any atom is 0.269 e. The predicted octanol–water partition coefficient (Wildman–Crippen LogP) is 3.35. The van der Waals surface area contributed by atoms with Gasteiger partial charge in [-0.1, -0.05) is 48.5 Å². The number of rotatable bonds is 5. The molecule has 2 N–H and O–H groups in total. The van der Waals surface area contributed by atoms with Gasteiger partial charge in [0.05, 0.1) is 6.20 Å². The summed E-state index contributed by atoms with van der Waals surface area (Å²) in [6, 6.07) is 18.4. The molecule has 30 heavy (non-hydrogen) atoms. The van der Waals surface area contributed by atoms with Crippen LogP contribution in [0.1, 0.15) is 27.4 Å². The molecule has 1 aliphatic rings. The Kier molecular flexibility index (Phi) is 5.07. The molecule has 0 radical (unpaired) electrons. The largest absolute Gasteiger partial charge is 0.361 e. The fraction of sp³-hybridized carbons (Fsp3) is 0.250. The van der Waals surface area contributed by atoms with Gasteiger partial charge in [-0.3, -0.25) is 9.69 Å². The number of aromatic amines is 1. The van der Waals surface area contributed by atoms with Crippen LogP contribution in [0.25, 0.3) is 10.9 Å². The second-order valence-corrected chi connectivity index (χ2v) is 7.77. The van der Waals surface area contributed by atoms with Gasteiger partial charge in [0.1, 0.15) is 11.5 Å². The molecule has 152 valence electrons. The van der Waals surface area contributed by atoms with E-state index in [9.17, 15) is 4.79 Å². The molecule has 0 bridgehead atoms. The van der Waals surface area contributed by atoms with Crippen LogP contribution >= 0.6 is 0 Å². The first-order chi connectivity index (χ1) is 14.8. The number of aromatic nitrogens is 3. The normalized spacial score (nSPS) is 14.4. The van der Waals surface area contributed by atoms with E-state index in [-0.39, 0.29) is 5.91 Å². The van der Waals surface area contributed by atoms with E-state index in [2.05, 4.69) is 55.2 Å². The number of carbonyl (C=O) groups is 1. The van der Waals surface area contributed by atoms with Gasteiger partial charge in [-0.05, 0) is 17.2 Å². The molecule has 0 aliphatic carbocycles. The van der Waals surface area contributed by atoms with Crippen molar-refractivity contribution in [3.8, 4) is 0 Å². The van der Waals surface area contributed by atoms with Gasteiger partial charge in [0, 0.05) is 56.2 Å². The van der Waals surface area contributed by atoms with Crippen LogP contribution in [0.2, 0.25) is 0 Å². The summed E-state index contributed by atoms with van der Waals surface area (Å²) in [4.78, 5) is 23.1. The number of benzene rings is 2. The molecule has 4 aromatic rings. The standard InChI is InChI=1S/C24H25N5O/c30-24(27-14-18-6-2-1-3-7-18)22-16-26-23-10-11-28(12-13-29(22)23)17-19-15-25-21-9-5-4-8-20(19)21/h1-9,15-16,25H,10-14,17H2,(H,27,30). The van der Waals surface area contributed by atoms with Crippen LogP contribution < -0.4 is 5.32 Å². The molecule has 1 amide bonds. The maximum atomic E-state index is 12.8. The van der Waals surface area contributed by atoms with Crippen molar-refractivity contribution in [2.75, 3.05) is 13.1 Å². The number of nitrogens with zero attached hydrogens (tertiary/aromatic N) is 3. The third-order valence-electron chi connectivity index (χ3n) is 5.83. The highest BCUT2D eigenvalue weighted by Gasteiger charge is 2.21. The van der Waals surface area contributed by atoms with Gasteiger partial charge in [0.2, 0.25) is 0 Å². The zero-order chi connectivity index (χ0) is 20.3. The Balaban J connectivity index is 1.25. The average molecular weight is 399 g/mol. The van der Waals surface area contributed by atoms with E-state index in [0.717, 1.165) is 44.0 Å². The molecule has 3 heterocycles. The quantitative estimate of drug-likeness (QED) is 0.541. The number of amides is 1. The predicted molar refractivity (Wildman–Crippen MR) is 117 cm³/mol. The smallest absolute Gasteiger partial charge is 0.269 e. The Bertz CT molecular complexity index is 1160. The molecule has 2 aromatic heterocycles. The minimum Gasteiger partial charge on any atom is -0.361 e. The fourth-order valence-corrected chi connectivity index (χ4v) is 4.19. The number of imidazole rings is 1. The minimum atomic E-state index is -0.0670. The summed E-state index contributed by atoms with van der Waals surface area (Å²) in [6.45, 7) is 4.01. The molecular weight excluding hydrogens is 374 g/mol. The van der Waals surface area contributed by atoms with Gasteiger partial charge >= 0.3 is 0 Å². The van der Waals surface area contributed by atoms with E-state index < -0.39 is 0 Å². The summed E-state index contributed by atoms with van der Waals surface area (Å²) in [7, 11) is 0. The number of fused-ring (bicyclic) bond motifs is 2. The second-order valence-electron chi connectivity index (χ2n) is 7.77. The van der Waals surface area contributed by atoms with Crippen LogP contribution in [0, 0.1) is 0 Å². The Morgan fingerprint density at radius 1 is 1.03 bits per heavy atom. The van der Waals surface area contributed by atoms with E-state index in [1.54, 1.807) is 6.20 Å². The number of nitrogens with one attached hydrogen (secondary N) is 2. The lowest BCUT2D eigenvalue weighted by Gasteiger charge is -2.19. The summed E-state index contributed by atoms with van der Waals surface area (Å²) >= 11 is 0. The molecule has 0 atom stereocenters. The van der Waals surface area contributed by atoms with Crippen molar-refractivity contribution in [2.24, 2.45) is 0 Å². The fourth-order valence-electron chi connectivity index (χ4n) is 4.19. The van der Waals surface area contributed by atoms with Gasteiger partial charge in [-0.25, -0.2) is 4.98 Å². The van der Waals surface area contributed by atoms with Crippen molar-refractivity contribution in [3.63, 3.8) is 0 Å². The van der Waals surface area contributed by atoms with E-state index in [0.29, 0.717) is 12.2 Å². The Morgan fingerprint density at radius 2 is 1.87 bits per heavy atom. The number of para-hydroxylation sites is 1. The lowest BCUT2D eigenvalue weighted by molar-refractivity contribution is 0.0940. The molecule has 6 heteroatoms. The van der Waals surface area contributed by atoms with E-state index in [1.165, 1.54) is 16.5 Å². The SMILES string of the molecule is O=C(NCc1ccccc1)c1cnc2n1CCN(Cc1c[nH]c3ccccc13)CC2.